The highest BCUT2D eigenvalue weighted by Crippen LogP contribution is 2.31. The van der Waals surface area contributed by atoms with E-state index in [0.29, 0.717) is 5.56 Å². The molecule has 6 nitrogen and oxygen atoms in total. The summed E-state index contributed by atoms with van der Waals surface area (Å²) in [5.74, 6) is -0.722. The maximum atomic E-state index is 9.60. The Morgan fingerprint density at radius 1 is 1.00 bits per heavy atom. The molecule has 1 aliphatic rings. The lowest BCUT2D eigenvalue weighted by atomic mass is 10.2. The predicted octanol–water partition coefficient (Wildman–Crippen LogP) is 0.385. The second-order valence-corrected chi connectivity index (χ2v) is 4.40. The van der Waals surface area contributed by atoms with Gasteiger partial charge < -0.3 is 20.2 Å². The minimum atomic E-state index is -0.343. The summed E-state index contributed by atoms with van der Waals surface area (Å²) in [4.78, 5) is 2.22. The first-order chi connectivity index (χ1) is 8.56. The van der Waals surface area contributed by atoms with E-state index < -0.39 is 0 Å². The van der Waals surface area contributed by atoms with Gasteiger partial charge >= 0.3 is 0 Å². The summed E-state index contributed by atoms with van der Waals surface area (Å²) in [6, 6.07) is 2.38. The van der Waals surface area contributed by atoms with Gasteiger partial charge in [0.25, 0.3) is 0 Å². The fourth-order valence-corrected chi connectivity index (χ4v) is 1.74. The first-order valence-electron chi connectivity index (χ1n) is 5.78. The highest BCUT2D eigenvalue weighted by atomic mass is 16.3. The van der Waals surface area contributed by atoms with Gasteiger partial charge in [0.1, 0.15) is 5.75 Å². The van der Waals surface area contributed by atoms with Crippen LogP contribution in [0.25, 0.3) is 0 Å². The average Bonchev–Trinajstić information content (AvgIpc) is 2.34. The SMILES string of the molecule is CN1CCN(N=Cc2cc(O)c(O)cc2O)CC1. The molecule has 0 spiro atoms. The van der Waals surface area contributed by atoms with Gasteiger partial charge in [-0.25, -0.2) is 0 Å². The summed E-state index contributed by atoms with van der Waals surface area (Å²) >= 11 is 0. The smallest absolute Gasteiger partial charge is 0.161 e. The van der Waals surface area contributed by atoms with E-state index in [4.69, 9.17) is 0 Å². The maximum Gasteiger partial charge on any atom is 0.161 e. The van der Waals surface area contributed by atoms with E-state index in [1.807, 2.05) is 5.01 Å². The largest absolute Gasteiger partial charge is 0.507 e. The summed E-state index contributed by atoms with van der Waals surface area (Å²) in [6.07, 6.45) is 1.49. The van der Waals surface area contributed by atoms with Gasteiger partial charge in [0.15, 0.2) is 11.5 Å². The second-order valence-electron chi connectivity index (χ2n) is 4.40. The molecule has 0 aromatic heterocycles. The van der Waals surface area contributed by atoms with Crippen LogP contribution >= 0.6 is 0 Å². The number of likely N-dealkylation sites (N-methyl/N-ethyl adjacent to an activating group) is 1. The number of nitrogens with zero attached hydrogens (tertiary/aromatic N) is 3. The third-order valence-electron chi connectivity index (χ3n) is 2.96. The highest BCUT2D eigenvalue weighted by molar-refractivity contribution is 5.84. The molecule has 1 fully saturated rings. The van der Waals surface area contributed by atoms with Gasteiger partial charge in [-0.2, -0.15) is 5.10 Å². The fraction of sp³-hybridized carbons (Fsp3) is 0.417. The van der Waals surface area contributed by atoms with Crippen molar-refractivity contribution in [2.24, 2.45) is 5.10 Å². The number of aromatic hydroxyl groups is 3. The fourth-order valence-electron chi connectivity index (χ4n) is 1.74. The van der Waals surface area contributed by atoms with Crippen LogP contribution in [0.15, 0.2) is 17.2 Å². The third-order valence-corrected chi connectivity index (χ3v) is 2.96. The van der Waals surface area contributed by atoms with Crippen molar-refractivity contribution in [1.29, 1.82) is 0 Å². The van der Waals surface area contributed by atoms with Crippen LogP contribution in [0.1, 0.15) is 5.56 Å². The Labute approximate surface area is 105 Å². The minimum Gasteiger partial charge on any atom is -0.507 e. The number of hydrogen-bond donors (Lipinski definition) is 3. The molecule has 1 aliphatic heterocycles. The van der Waals surface area contributed by atoms with E-state index in [2.05, 4.69) is 17.0 Å². The molecule has 0 saturated carbocycles. The van der Waals surface area contributed by atoms with Gasteiger partial charge in [0.05, 0.1) is 6.21 Å². The van der Waals surface area contributed by atoms with Crippen LogP contribution in [-0.4, -0.2) is 64.7 Å². The van der Waals surface area contributed by atoms with E-state index in [-0.39, 0.29) is 17.2 Å². The molecule has 0 atom stereocenters. The van der Waals surface area contributed by atoms with Gasteiger partial charge in [0, 0.05) is 37.8 Å². The zero-order chi connectivity index (χ0) is 13.1. The molecular weight excluding hydrogens is 234 g/mol. The molecular formula is C12H17N3O3. The van der Waals surface area contributed by atoms with Crippen LogP contribution in [0.5, 0.6) is 17.2 Å². The van der Waals surface area contributed by atoms with Crippen LogP contribution in [0, 0.1) is 0 Å². The summed E-state index contributed by atoms with van der Waals surface area (Å²) in [5.41, 5.74) is 0.379. The molecule has 0 radical (unpaired) electrons. The first-order valence-corrected chi connectivity index (χ1v) is 5.78. The number of hydrazone groups is 1. The van der Waals surface area contributed by atoms with Crippen molar-refractivity contribution in [2.45, 2.75) is 0 Å². The Balaban J connectivity index is 2.07. The molecule has 18 heavy (non-hydrogen) atoms. The molecule has 0 unspecified atom stereocenters. The lowest BCUT2D eigenvalue weighted by Gasteiger charge is -2.30. The number of hydrogen-bond acceptors (Lipinski definition) is 6. The third kappa shape index (κ3) is 2.84. The summed E-state index contributed by atoms with van der Waals surface area (Å²) in [6.45, 7) is 3.56. The van der Waals surface area contributed by atoms with Crippen molar-refractivity contribution in [3.8, 4) is 17.2 Å². The van der Waals surface area contributed by atoms with Gasteiger partial charge in [-0.05, 0) is 13.1 Å². The molecule has 98 valence electrons. The van der Waals surface area contributed by atoms with Crippen molar-refractivity contribution < 1.29 is 15.3 Å². The van der Waals surface area contributed by atoms with Crippen LogP contribution in [-0.2, 0) is 0 Å². The Bertz CT molecular complexity index is 454. The van der Waals surface area contributed by atoms with Gasteiger partial charge in [-0.3, -0.25) is 5.01 Å². The standard InChI is InChI=1S/C12H17N3O3/c1-14-2-4-15(5-3-14)13-8-9-6-11(17)12(18)7-10(9)16/h6-8,16-18H,2-5H2,1H3. The van der Waals surface area contributed by atoms with E-state index >= 15 is 0 Å². The van der Waals surface area contributed by atoms with Gasteiger partial charge in [-0.1, -0.05) is 0 Å². The molecule has 1 aromatic carbocycles. The highest BCUT2D eigenvalue weighted by Gasteiger charge is 2.11. The van der Waals surface area contributed by atoms with Gasteiger partial charge in [0.2, 0.25) is 0 Å². The van der Waals surface area contributed by atoms with Crippen molar-refractivity contribution >= 4 is 6.21 Å². The van der Waals surface area contributed by atoms with Crippen molar-refractivity contribution in [1.82, 2.24) is 9.91 Å². The van der Waals surface area contributed by atoms with E-state index in [1.165, 1.54) is 12.3 Å². The zero-order valence-electron chi connectivity index (χ0n) is 10.2. The topological polar surface area (TPSA) is 79.5 Å². The van der Waals surface area contributed by atoms with Crippen LogP contribution < -0.4 is 0 Å². The monoisotopic (exact) mass is 251 g/mol. The Hall–Kier alpha value is -1.95. The van der Waals surface area contributed by atoms with Crippen molar-refractivity contribution in [2.75, 3.05) is 33.2 Å². The number of benzene rings is 1. The summed E-state index contributed by atoms with van der Waals surface area (Å²) in [5, 5.41) is 34.3. The number of piperazine rings is 1. The normalized spacial score (nSPS) is 17.5. The van der Waals surface area contributed by atoms with Crippen molar-refractivity contribution in [3.63, 3.8) is 0 Å². The first kappa shape index (κ1) is 12.5. The quantitative estimate of drug-likeness (QED) is 0.402. The predicted molar refractivity (Wildman–Crippen MR) is 68.1 cm³/mol. The molecule has 1 saturated heterocycles. The molecule has 3 N–H and O–H groups in total. The molecule has 0 bridgehead atoms. The van der Waals surface area contributed by atoms with Crippen molar-refractivity contribution in [3.05, 3.63) is 17.7 Å². The Morgan fingerprint density at radius 2 is 1.61 bits per heavy atom. The molecule has 0 aliphatic carbocycles. The van der Waals surface area contributed by atoms with E-state index in [1.54, 1.807) is 0 Å². The maximum absolute atomic E-state index is 9.60. The summed E-state index contributed by atoms with van der Waals surface area (Å²) < 4.78 is 0. The zero-order valence-corrected chi connectivity index (χ0v) is 10.2. The lowest BCUT2D eigenvalue weighted by Crippen LogP contribution is -2.41. The lowest BCUT2D eigenvalue weighted by molar-refractivity contribution is 0.159. The second kappa shape index (κ2) is 5.14. The molecule has 1 aromatic rings. The number of phenolic OH excluding ortho intramolecular Hbond substituents is 3. The average molecular weight is 251 g/mol. The van der Waals surface area contributed by atoms with E-state index in [9.17, 15) is 15.3 Å². The number of rotatable bonds is 2. The van der Waals surface area contributed by atoms with Gasteiger partial charge in [-0.15, -0.1) is 0 Å². The van der Waals surface area contributed by atoms with Crippen LogP contribution in [0.3, 0.4) is 0 Å². The van der Waals surface area contributed by atoms with E-state index in [0.717, 1.165) is 32.2 Å². The minimum absolute atomic E-state index is 0.108. The van der Waals surface area contributed by atoms with Crippen LogP contribution in [0.4, 0.5) is 0 Å². The Morgan fingerprint density at radius 3 is 2.28 bits per heavy atom. The molecule has 2 rings (SSSR count). The van der Waals surface area contributed by atoms with Crippen LogP contribution in [0.2, 0.25) is 0 Å². The number of phenols is 3. The Kier molecular flexibility index (Phi) is 3.57. The molecule has 0 amide bonds. The summed E-state index contributed by atoms with van der Waals surface area (Å²) in [7, 11) is 2.06. The molecule has 6 heteroatoms. The molecule has 1 heterocycles.